The van der Waals surface area contributed by atoms with Gasteiger partial charge in [0.2, 0.25) is 5.65 Å². The molecule has 0 atom stereocenters. The van der Waals surface area contributed by atoms with Crippen molar-refractivity contribution < 1.29 is 17.9 Å². The standard InChI is InChI=1S/C13H6F3N5OS/c14-13(15,16)7-1-3-8(4-2-7)22-12-17-9-5-6-23-10(9)11-18-19-20-21(11)12/h1-6H. The van der Waals surface area contributed by atoms with Crippen LogP contribution in [-0.4, -0.2) is 25.0 Å². The number of hydrogen-bond donors (Lipinski definition) is 0. The quantitative estimate of drug-likeness (QED) is 0.560. The van der Waals surface area contributed by atoms with Gasteiger partial charge in [-0.25, -0.2) is 0 Å². The topological polar surface area (TPSA) is 65.2 Å². The van der Waals surface area contributed by atoms with Crippen molar-refractivity contribution in [2.24, 2.45) is 0 Å². The molecule has 0 fully saturated rings. The lowest BCUT2D eigenvalue weighted by molar-refractivity contribution is -0.137. The van der Waals surface area contributed by atoms with E-state index in [2.05, 4.69) is 20.5 Å². The first-order valence-corrected chi connectivity index (χ1v) is 7.21. The van der Waals surface area contributed by atoms with E-state index in [1.54, 1.807) is 6.07 Å². The van der Waals surface area contributed by atoms with Crippen LogP contribution in [-0.2, 0) is 6.18 Å². The Labute approximate surface area is 130 Å². The number of halogens is 3. The highest BCUT2D eigenvalue weighted by Gasteiger charge is 2.30. The van der Waals surface area contributed by atoms with Gasteiger partial charge in [-0.1, -0.05) is 0 Å². The summed E-state index contributed by atoms with van der Waals surface area (Å²) in [6.45, 7) is 0. The third kappa shape index (κ3) is 2.36. The Balaban J connectivity index is 1.75. The minimum absolute atomic E-state index is 0.0793. The van der Waals surface area contributed by atoms with Crippen LogP contribution in [0.15, 0.2) is 35.7 Å². The molecule has 0 saturated heterocycles. The van der Waals surface area contributed by atoms with Crippen LogP contribution < -0.4 is 4.74 Å². The van der Waals surface area contributed by atoms with Crippen molar-refractivity contribution in [1.29, 1.82) is 0 Å². The number of thiophene rings is 1. The SMILES string of the molecule is FC(F)(F)c1ccc(Oc2nc3ccsc3c3nnnn23)cc1. The average molecular weight is 337 g/mol. The highest BCUT2D eigenvalue weighted by molar-refractivity contribution is 7.17. The maximum Gasteiger partial charge on any atom is 0.416 e. The van der Waals surface area contributed by atoms with Gasteiger partial charge < -0.3 is 4.74 Å². The van der Waals surface area contributed by atoms with E-state index in [4.69, 9.17) is 4.74 Å². The van der Waals surface area contributed by atoms with E-state index in [0.29, 0.717) is 11.2 Å². The first kappa shape index (κ1) is 13.9. The summed E-state index contributed by atoms with van der Waals surface area (Å²) < 4.78 is 45.4. The first-order valence-electron chi connectivity index (χ1n) is 6.33. The number of alkyl halides is 3. The summed E-state index contributed by atoms with van der Waals surface area (Å²) in [6.07, 6.45) is -4.39. The molecule has 6 nitrogen and oxygen atoms in total. The Morgan fingerprint density at radius 2 is 1.87 bits per heavy atom. The minimum Gasteiger partial charge on any atom is -0.424 e. The lowest BCUT2D eigenvalue weighted by atomic mass is 10.2. The molecular weight excluding hydrogens is 331 g/mol. The third-order valence-electron chi connectivity index (χ3n) is 3.11. The van der Waals surface area contributed by atoms with Crippen molar-refractivity contribution in [2.45, 2.75) is 6.18 Å². The molecule has 3 heterocycles. The van der Waals surface area contributed by atoms with Gasteiger partial charge in [0, 0.05) is 0 Å². The summed E-state index contributed by atoms with van der Waals surface area (Å²) in [6, 6.07) is 6.19. The van der Waals surface area contributed by atoms with Crippen molar-refractivity contribution in [2.75, 3.05) is 0 Å². The predicted molar refractivity (Wildman–Crippen MR) is 75.5 cm³/mol. The Morgan fingerprint density at radius 3 is 2.61 bits per heavy atom. The Kier molecular flexibility index (Phi) is 2.94. The van der Waals surface area contributed by atoms with Gasteiger partial charge in [-0.15, -0.1) is 21.0 Å². The summed E-state index contributed by atoms with van der Waals surface area (Å²) in [5.74, 6) is 0.205. The molecular formula is C13H6F3N5OS. The van der Waals surface area contributed by atoms with Crippen molar-refractivity contribution in [3.63, 3.8) is 0 Å². The number of hydrogen-bond acceptors (Lipinski definition) is 6. The third-order valence-corrected chi connectivity index (χ3v) is 4.00. The van der Waals surface area contributed by atoms with Crippen LogP contribution in [0.3, 0.4) is 0 Å². The van der Waals surface area contributed by atoms with Crippen LogP contribution >= 0.6 is 11.3 Å². The van der Waals surface area contributed by atoms with E-state index < -0.39 is 11.7 Å². The fourth-order valence-corrected chi connectivity index (χ4v) is 2.85. The number of ether oxygens (including phenoxy) is 1. The zero-order valence-corrected chi connectivity index (χ0v) is 12.0. The van der Waals surface area contributed by atoms with Crippen LogP contribution in [0.5, 0.6) is 11.8 Å². The van der Waals surface area contributed by atoms with E-state index in [1.807, 2.05) is 5.38 Å². The zero-order valence-electron chi connectivity index (χ0n) is 11.2. The number of aromatic nitrogens is 5. The summed E-state index contributed by atoms with van der Waals surface area (Å²) >= 11 is 1.43. The van der Waals surface area contributed by atoms with E-state index in [1.165, 1.54) is 28.0 Å². The van der Waals surface area contributed by atoms with Gasteiger partial charge in [0.1, 0.15) is 5.75 Å². The van der Waals surface area contributed by atoms with Crippen molar-refractivity contribution in [1.82, 2.24) is 25.0 Å². The van der Waals surface area contributed by atoms with Crippen LogP contribution in [0, 0.1) is 0 Å². The maximum atomic E-state index is 12.6. The van der Waals surface area contributed by atoms with E-state index in [0.717, 1.165) is 16.8 Å². The molecule has 0 aliphatic carbocycles. The molecule has 4 aromatic rings. The lowest BCUT2D eigenvalue weighted by Crippen LogP contribution is -2.04. The van der Waals surface area contributed by atoms with Crippen LogP contribution in [0.1, 0.15) is 5.56 Å². The molecule has 0 N–H and O–H groups in total. The lowest BCUT2D eigenvalue weighted by Gasteiger charge is -2.08. The molecule has 3 aromatic heterocycles. The van der Waals surface area contributed by atoms with E-state index >= 15 is 0 Å². The van der Waals surface area contributed by atoms with Crippen LogP contribution in [0.25, 0.3) is 15.9 Å². The smallest absolute Gasteiger partial charge is 0.416 e. The molecule has 23 heavy (non-hydrogen) atoms. The number of benzene rings is 1. The largest absolute Gasteiger partial charge is 0.424 e. The predicted octanol–water partition coefficient (Wildman–Crippen LogP) is 3.55. The molecule has 1 aromatic carbocycles. The van der Waals surface area contributed by atoms with Crippen LogP contribution in [0.4, 0.5) is 13.2 Å². The molecule has 0 aliphatic rings. The maximum absolute atomic E-state index is 12.6. The molecule has 0 aliphatic heterocycles. The van der Waals surface area contributed by atoms with Gasteiger partial charge in [-0.05, 0) is 46.1 Å². The van der Waals surface area contributed by atoms with Crippen molar-refractivity contribution in [3.05, 3.63) is 41.3 Å². The molecule has 0 radical (unpaired) electrons. The number of rotatable bonds is 2. The van der Waals surface area contributed by atoms with Gasteiger partial charge in [0.05, 0.1) is 15.8 Å². The Hall–Kier alpha value is -2.75. The molecule has 0 unspecified atom stereocenters. The van der Waals surface area contributed by atoms with Crippen molar-refractivity contribution in [3.8, 4) is 11.8 Å². The Bertz CT molecular complexity index is 992. The number of tetrazole rings is 1. The molecule has 4 rings (SSSR count). The van der Waals surface area contributed by atoms with Crippen molar-refractivity contribution >= 4 is 27.2 Å². The zero-order chi connectivity index (χ0) is 16.0. The van der Waals surface area contributed by atoms with Gasteiger partial charge in [0.25, 0.3) is 0 Å². The van der Waals surface area contributed by atoms with Gasteiger partial charge in [0.15, 0.2) is 0 Å². The second-order valence-corrected chi connectivity index (χ2v) is 5.48. The van der Waals surface area contributed by atoms with Gasteiger partial charge >= 0.3 is 12.2 Å². The van der Waals surface area contributed by atoms with Gasteiger partial charge in [-0.2, -0.15) is 18.2 Å². The molecule has 10 heteroatoms. The molecule has 0 amide bonds. The minimum atomic E-state index is -4.39. The van der Waals surface area contributed by atoms with Crippen LogP contribution in [0.2, 0.25) is 0 Å². The Morgan fingerprint density at radius 1 is 1.09 bits per heavy atom. The monoisotopic (exact) mass is 337 g/mol. The van der Waals surface area contributed by atoms with Gasteiger partial charge in [-0.3, -0.25) is 0 Å². The summed E-state index contributed by atoms with van der Waals surface area (Å²) in [7, 11) is 0. The number of fused-ring (bicyclic) bond motifs is 3. The summed E-state index contributed by atoms with van der Waals surface area (Å²) in [5.41, 5.74) is 0.379. The molecule has 116 valence electrons. The molecule has 0 spiro atoms. The van der Waals surface area contributed by atoms with E-state index in [9.17, 15) is 13.2 Å². The molecule has 0 saturated carbocycles. The fraction of sp³-hybridized carbons (Fsp3) is 0.0769. The molecule has 0 bridgehead atoms. The van der Waals surface area contributed by atoms with E-state index in [-0.39, 0.29) is 11.8 Å². The number of nitrogens with zero attached hydrogens (tertiary/aromatic N) is 5. The second-order valence-electron chi connectivity index (χ2n) is 4.57. The second kappa shape index (κ2) is 4.88. The average Bonchev–Trinajstić information content (AvgIpc) is 3.15. The fourth-order valence-electron chi connectivity index (χ4n) is 2.05. The highest BCUT2D eigenvalue weighted by atomic mass is 32.1. The highest BCUT2D eigenvalue weighted by Crippen LogP contribution is 2.32. The normalized spacial score (nSPS) is 12.1. The summed E-state index contributed by atoms with van der Waals surface area (Å²) in [4.78, 5) is 4.29. The summed E-state index contributed by atoms with van der Waals surface area (Å²) in [5, 5.41) is 13.1. The first-order chi connectivity index (χ1) is 11.0.